The summed E-state index contributed by atoms with van der Waals surface area (Å²) in [6, 6.07) is 6.44. The summed E-state index contributed by atoms with van der Waals surface area (Å²) in [4.78, 5) is 28.9. The summed E-state index contributed by atoms with van der Waals surface area (Å²) in [5, 5.41) is 0. The Kier molecular flexibility index (Phi) is 5.45. The molecule has 4 heteroatoms. The molecule has 1 aliphatic heterocycles. The second-order valence-electron chi connectivity index (χ2n) is 7.85. The van der Waals surface area contributed by atoms with E-state index in [1.54, 1.807) is 0 Å². The summed E-state index contributed by atoms with van der Waals surface area (Å²) in [7, 11) is 0. The Balaban J connectivity index is 1.56. The minimum absolute atomic E-state index is 0.180. The molecule has 1 heterocycles. The van der Waals surface area contributed by atoms with Crippen LogP contribution in [0.3, 0.4) is 0 Å². The van der Waals surface area contributed by atoms with Crippen molar-refractivity contribution in [1.82, 2.24) is 9.80 Å². The summed E-state index contributed by atoms with van der Waals surface area (Å²) >= 11 is 0. The van der Waals surface area contributed by atoms with E-state index in [0.29, 0.717) is 44.4 Å². The van der Waals surface area contributed by atoms with Crippen LogP contribution in [0.25, 0.3) is 0 Å². The van der Waals surface area contributed by atoms with E-state index in [9.17, 15) is 9.59 Å². The lowest BCUT2D eigenvalue weighted by atomic mass is 9.84. The number of hydrogen-bond acceptors (Lipinski definition) is 2. The van der Waals surface area contributed by atoms with Crippen LogP contribution in [0.5, 0.6) is 0 Å². The molecule has 136 valence electrons. The molecule has 1 aromatic carbocycles. The quantitative estimate of drug-likeness (QED) is 0.843. The van der Waals surface area contributed by atoms with Gasteiger partial charge in [0.2, 0.25) is 11.8 Å². The maximum Gasteiger partial charge on any atom is 0.227 e. The topological polar surface area (TPSA) is 40.6 Å². The molecule has 0 unspecified atom stereocenters. The highest BCUT2D eigenvalue weighted by molar-refractivity contribution is 5.81. The molecule has 0 atom stereocenters. The fourth-order valence-electron chi connectivity index (χ4n) is 3.61. The van der Waals surface area contributed by atoms with E-state index in [1.165, 1.54) is 17.5 Å². The number of aryl methyl sites for hydroxylation is 1. The Morgan fingerprint density at radius 3 is 2.28 bits per heavy atom. The predicted octanol–water partition coefficient (Wildman–Crippen LogP) is 3.13. The monoisotopic (exact) mass is 342 g/mol. The van der Waals surface area contributed by atoms with Crippen LogP contribution in [0.1, 0.15) is 55.7 Å². The molecule has 1 saturated carbocycles. The van der Waals surface area contributed by atoms with Crippen molar-refractivity contribution >= 4 is 11.8 Å². The van der Waals surface area contributed by atoms with Crippen LogP contribution < -0.4 is 0 Å². The number of piperazine rings is 1. The average Bonchev–Trinajstić information content (AvgIpc) is 2.55. The molecule has 0 N–H and O–H groups in total. The normalized spacial score (nSPS) is 18.4. The number of hydrogen-bond donors (Lipinski definition) is 0. The first-order valence-corrected chi connectivity index (χ1v) is 9.61. The SMILES string of the molecule is Cc1ccc(C(C)C)cc1CC(=O)N1CCN(C(=O)C2CCC2)CC1. The fraction of sp³-hybridized carbons (Fsp3) is 0.619. The second-order valence-corrected chi connectivity index (χ2v) is 7.85. The first-order valence-electron chi connectivity index (χ1n) is 9.61. The van der Waals surface area contributed by atoms with E-state index < -0.39 is 0 Å². The molecule has 25 heavy (non-hydrogen) atoms. The molecule has 2 fully saturated rings. The number of rotatable bonds is 4. The Hall–Kier alpha value is -1.84. The zero-order valence-corrected chi connectivity index (χ0v) is 15.8. The van der Waals surface area contributed by atoms with Crippen molar-refractivity contribution in [2.75, 3.05) is 26.2 Å². The zero-order valence-electron chi connectivity index (χ0n) is 15.8. The van der Waals surface area contributed by atoms with Crippen LogP contribution in [0.15, 0.2) is 18.2 Å². The van der Waals surface area contributed by atoms with E-state index in [1.807, 2.05) is 9.80 Å². The molecule has 0 bridgehead atoms. The summed E-state index contributed by atoms with van der Waals surface area (Å²) in [5.74, 6) is 1.21. The van der Waals surface area contributed by atoms with Gasteiger partial charge in [0, 0.05) is 32.1 Å². The van der Waals surface area contributed by atoms with Gasteiger partial charge in [-0.1, -0.05) is 38.5 Å². The van der Waals surface area contributed by atoms with Gasteiger partial charge in [-0.25, -0.2) is 0 Å². The number of carbonyl (C=O) groups excluding carboxylic acids is 2. The van der Waals surface area contributed by atoms with Gasteiger partial charge in [0.15, 0.2) is 0 Å². The van der Waals surface area contributed by atoms with Crippen LogP contribution in [0.4, 0.5) is 0 Å². The third-order valence-corrected chi connectivity index (χ3v) is 5.78. The third kappa shape index (κ3) is 4.05. The van der Waals surface area contributed by atoms with Gasteiger partial charge in [-0.05, 0) is 42.4 Å². The predicted molar refractivity (Wildman–Crippen MR) is 99.5 cm³/mol. The van der Waals surface area contributed by atoms with Gasteiger partial charge in [-0.2, -0.15) is 0 Å². The van der Waals surface area contributed by atoms with E-state index in [2.05, 4.69) is 39.0 Å². The highest BCUT2D eigenvalue weighted by atomic mass is 16.2. The van der Waals surface area contributed by atoms with Crippen molar-refractivity contribution in [3.05, 3.63) is 34.9 Å². The molecule has 1 saturated heterocycles. The number of nitrogens with zero attached hydrogens (tertiary/aromatic N) is 2. The molecule has 0 spiro atoms. The third-order valence-electron chi connectivity index (χ3n) is 5.78. The van der Waals surface area contributed by atoms with Crippen molar-refractivity contribution in [1.29, 1.82) is 0 Å². The minimum atomic E-state index is 0.180. The average molecular weight is 342 g/mol. The van der Waals surface area contributed by atoms with Crippen LogP contribution in [0.2, 0.25) is 0 Å². The van der Waals surface area contributed by atoms with Crippen molar-refractivity contribution in [3.63, 3.8) is 0 Å². The molecule has 2 amide bonds. The lowest BCUT2D eigenvalue weighted by Crippen LogP contribution is -2.52. The fourth-order valence-corrected chi connectivity index (χ4v) is 3.61. The molecule has 3 rings (SSSR count). The van der Waals surface area contributed by atoms with Gasteiger partial charge in [0.25, 0.3) is 0 Å². The number of amides is 2. The highest BCUT2D eigenvalue weighted by Gasteiger charge is 2.32. The highest BCUT2D eigenvalue weighted by Crippen LogP contribution is 2.28. The van der Waals surface area contributed by atoms with Crippen LogP contribution in [-0.2, 0) is 16.0 Å². The Bertz CT molecular complexity index is 641. The molecule has 0 aromatic heterocycles. The van der Waals surface area contributed by atoms with Crippen LogP contribution in [-0.4, -0.2) is 47.8 Å². The number of benzene rings is 1. The van der Waals surface area contributed by atoms with Crippen molar-refractivity contribution < 1.29 is 9.59 Å². The Morgan fingerprint density at radius 2 is 1.72 bits per heavy atom. The van der Waals surface area contributed by atoms with Gasteiger partial charge in [-0.15, -0.1) is 0 Å². The van der Waals surface area contributed by atoms with E-state index in [4.69, 9.17) is 0 Å². The second kappa shape index (κ2) is 7.59. The Morgan fingerprint density at radius 1 is 1.08 bits per heavy atom. The largest absolute Gasteiger partial charge is 0.339 e. The van der Waals surface area contributed by atoms with Crippen LogP contribution in [0, 0.1) is 12.8 Å². The van der Waals surface area contributed by atoms with Gasteiger partial charge in [-0.3, -0.25) is 9.59 Å². The van der Waals surface area contributed by atoms with E-state index in [-0.39, 0.29) is 11.8 Å². The summed E-state index contributed by atoms with van der Waals surface area (Å²) in [6.45, 7) is 9.13. The van der Waals surface area contributed by atoms with E-state index in [0.717, 1.165) is 18.4 Å². The number of carbonyl (C=O) groups is 2. The molecule has 0 radical (unpaired) electrons. The lowest BCUT2D eigenvalue weighted by molar-refractivity contribution is -0.143. The lowest BCUT2D eigenvalue weighted by Gasteiger charge is -2.38. The van der Waals surface area contributed by atoms with Gasteiger partial charge < -0.3 is 9.80 Å². The molecule has 1 aromatic rings. The maximum atomic E-state index is 12.7. The van der Waals surface area contributed by atoms with Gasteiger partial charge in [0.05, 0.1) is 6.42 Å². The zero-order chi connectivity index (χ0) is 18.0. The standard InChI is InChI=1S/C21H30N2O2/c1-15(2)18-8-7-16(3)19(13-18)14-20(24)22-9-11-23(12-10-22)21(25)17-5-4-6-17/h7-8,13,15,17H,4-6,9-12,14H2,1-3H3. The molecule has 4 nitrogen and oxygen atoms in total. The molecular weight excluding hydrogens is 312 g/mol. The molecule has 1 aliphatic carbocycles. The van der Waals surface area contributed by atoms with Gasteiger partial charge >= 0.3 is 0 Å². The van der Waals surface area contributed by atoms with Crippen molar-refractivity contribution in [2.45, 2.75) is 52.4 Å². The van der Waals surface area contributed by atoms with Gasteiger partial charge in [0.1, 0.15) is 0 Å². The van der Waals surface area contributed by atoms with Crippen molar-refractivity contribution in [3.8, 4) is 0 Å². The molecular formula is C21H30N2O2. The maximum absolute atomic E-state index is 12.7. The first kappa shape index (κ1) is 18.0. The molecule has 2 aliphatic rings. The Labute approximate surface area is 151 Å². The smallest absolute Gasteiger partial charge is 0.227 e. The summed E-state index contributed by atoms with van der Waals surface area (Å²) in [6.07, 6.45) is 3.74. The van der Waals surface area contributed by atoms with Crippen LogP contribution >= 0.6 is 0 Å². The first-order chi connectivity index (χ1) is 12.0. The van der Waals surface area contributed by atoms with E-state index >= 15 is 0 Å². The summed E-state index contributed by atoms with van der Waals surface area (Å²) in [5.41, 5.74) is 3.59. The van der Waals surface area contributed by atoms with Crippen molar-refractivity contribution in [2.24, 2.45) is 5.92 Å². The summed E-state index contributed by atoms with van der Waals surface area (Å²) < 4.78 is 0. The minimum Gasteiger partial charge on any atom is -0.339 e.